The van der Waals surface area contributed by atoms with E-state index in [2.05, 4.69) is 31.9 Å². The first-order valence-corrected chi connectivity index (χ1v) is 9.30. The lowest BCUT2D eigenvalue weighted by Crippen LogP contribution is -2.65. The van der Waals surface area contributed by atoms with Gasteiger partial charge in [-0.1, -0.05) is 32.9 Å². The second kappa shape index (κ2) is 5.35. The molecule has 0 unspecified atom stereocenters. The smallest absolute Gasteiger partial charge is 0.272 e. The number of likely N-dealkylation sites (tertiary alicyclic amines) is 1. The second-order valence-electron chi connectivity index (χ2n) is 8.62. The summed E-state index contributed by atoms with van der Waals surface area (Å²) in [5, 5.41) is 14.8. The Kier molecular flexibility index (Phi) is 3.52. The number of hydrogen-bond acceptors (Lipinski definition) is 3. The lowest BCUT2D eigenvalue weighted by molar-refractivity contribution is -0.0271. The standard InChI is InChI=1S/C21H27N3O2/c1-13-11-16(23(5)22-13)19(26)24-10-9-21(4)15-7-6-8-17(25)14(15)12-18(24)20(21,2)3/h6-8,11,18,25H,9-10,12H2,1-5H3/t18-,21+/m1/s1. The van der Waals surface area contributed by atoms with Gasteiger partial charge in [-0.25, -0.2) is 0 Å². The van der Waals surface area contributed by atoms with E-state index in [9.17, 15) is 9.90 Å². The fourth-order valence-electron chi connectivity index (χ4n) is 5.13. The summed E-state index contributed by atoms with van der Waals surface area (Å²) in [7, 11) is 1.82. The minimum atomic E-state index is -0.0880. The molecule has 0 radical (unpaired) electrons. The first kappa shape index (κ1) is 17.1. The summed E-state index contributed by atoms with van der Waals surface area (Å²) in [6, 6.07) is 7.75. The Morgan fingerprint density at radius 3 is 2.69 bits per heavy atom. The highest BCUT2D eigenvalue weighted by molar-refractivity contribution is 5.93. The molecule has 0 saturated carbocycles. The Balaban J connectivity index is 1.81. The zero-order valence-corrected chi connectivity index (χ0v) is 16.2. The van der Waals surface area contributed by atoms with Crippen LogP contribution in [0.15, 0.2) is 24.3 Å². The number of aryl methyl sites for hydroxylation is 2. The third-order valence-electron chi connectivity index (χ3n) is 7.11. The highest BCUT2D eigenvalue weighted by atomic mass is 16.3. The lowest BCUT2D eigenvalue weighted by Gasteiger charge is -2.60. The molecule has 1 fully saturated rings. The van der Waals surface area contributed by atoms with E-state index in [0.717, 1.165) is 24.2 Å². The van der Waals surface area contributed by atoms with Crippen molar-refractivity contribution in [3.8, 4) is 5.75 Å². The largest absolute Gasteiger partial charge is 0.508 e. The van der Waals surface area contributed by atoms with E-state index in [0.29, 0.717) is 17.9 Å². The molecule has 26 heavy (non-hydrogen) atoms. The van der Waals surface area contributed by atoms with Gasteiger partial charge in [0.05, 0.1) is 5.69 Å². The Labute approximate surface area is 154 Å². The minimum Gasteiger partial charge on any atom is -0.508 e. The van der Waals surface area contributed by atoms with E-state index in [4.69, 9.17) is 0 Å². The number of amides is 1. The van der Waals surface area contributed by atoms with Gasteiger partial charge in [0, 0.05) is 25.0 Å². The van der Waals surface area contributed by atoms with Crippen LogP contribution in [0.25, 0.3) is 0 Å². The Morgan fingerprint density at radius 1 is 1.31 bits per heavy atom. The van der Waals surface area contributed by atoms with Crippen LogP contribution >= 0.6 is 0 Å². The molecule has 2 bridgehead atoms. The van der Waals surface area contributed by atoms with Crippen molar-refractivity contribution in [3.05, 3.63) is 46.8 Å². The molecule has 2 heterocycles. The first-order valence-electron chi connectivity index (χ1n) is 9.30. The van der Waals surface area contributed by atoms with Crippen molar-refractivity contribution in [1.29, 1.82) is 0 Å². The molecule has 1 aromatic carbocycles. The Hall–Kier alpha value is -2.30. The summed E-state index contributed by atoms with van der Waals surface area (Å²) in [5.74, 6) is 0.381. The Morgan fingerprint density at radius 2 is 2.04 bits per heavy atom. The average Bonchev–Trinajstić information content (AvgIpc) is 2.89. The molecular formula is C21H27N3O2. The van der Waals surface area contributed by atoms with E-state index >= 15 is 0 Å². The summed E-state index contributed by atoms with van der Waals surface area (Å²) in [5.41, 5.74) is 3.56. The zero-order valence-electron chi connectivity index (χ0n) is 16.2. The maximum atomic E-state index is 13.3. The predicted octanol–water partition coefficient (Wildman–Crippen LogP) is 3.19. The Bertz CT molecular complexity index is 899. The van der Waals surface area contributed by atoms with E-state index in [1.54, 1.807) is 10.7 Å². The third-order valence-corrected chi connectivity index (χ3v) is 7.11. The summed E-state index contributed by atoms with van der Waals surface area (Å²) >= 11 is 0. The molecule has 1 aliphatic heterocycles. The van der Waals surface area contributed by atoms with E-state index in [-0.39, 0.29) is 22.8 Å². The van der Waals surface area contributed by atoms with Gasteiger partial charge in [0.2, 0.25) is 0 Å². The number of hydrogen-bond donors (Lipinski definition) is 1. The van der Waals surface area contributed by atoms with Gasteiger partial charge >= 0.3 is 0 Å². The molecule has 1 aromatic heterocycles. The van der Waals surface area contributed by atoms with Crippen LogP contribution in [0.3, 0.4) is 0 Å². The van der Waals surface area contributed by atoms with Crippen molar-refractivity contribution >= 4 is 5.91 Å². The fraction of sp³-hybridized carbons (Fsp3) is 0.524. The van der Waals surface area contributed by atoms with Crippen LogP contribution in [0.2, 0.25) is 0 Å². The molecule has 2 aromatic rings. The van der Waals surface area contributed by atoms with Crippen molar-refractivity contribution < 1.29 is 9.90 Å². The molecule has 0 spiro atoms. The molecule has 5 nitrogen and oxygen atoms in total. The number of aromatic hydroxyl groups is 1. The van der Waals surface area contributed by atoms with Crippen molar-refractivity contribution in [3.63, 3.8) is 0 Å². The number of phenols is 1. The fourth-order valence-corrected chi connectivity index (χ4v) is 5.13. The minimum absolute atomic E-state index is 0.0343. The maximum absolute atomic E-state index is 13.3. The van der Waals surface area contributed by atoms with Gasteiger partial charge < -0.3 is 10.0 Å². The normalized spacial score (nSPS) is 26.5. The zero-order chi connectivity index (χ0) is 18.9. The molecule has 138 valence electrons. The number of nitrogens with zero attached hydrogens (tertiary/aromatic N) is 3. The van der Waals surface area contributed by atoms with Crippen LogP contribution in [-0.4, -0.2) is 38.3 Å². The monoisotopic (exact) mass is 353 g/mol. The molecule has 4 rings (SSSR count). The topological polar surface area (TPSA) is 58.4 Å². The number of carbonyl (C=O) groups excluding carboxylic acids is 1. The van der Waals surface area contributed by atoms with Crippen LogP contribution in [0.4, 0.5) is 0 Å². The summed E-state index contributed by atoms with van der Waals surface area (Å²) < 4.78 is 1.67. The van der Waals surface area contributed by atoms with Crippen LogP contribution in [0.1, 0.15) is 54.5 Å². The molecule has 2 aliphatic rings. The van der Waals surface area contributed by atoms with Crippen LogP contribution in [-0.2, 0) is 18.9 Å². The molecular weight excluding hydrogens is 326 g/mol. The molecule has 1 saturated heterocycles. The highest BCUT2D eigenvalue weighted by Gasteiger charge is 2.57. The SMILES string of the molecule is Cc1cc(C(=O)N2CC[C@@]3(C)c4cccc(O)c4C[C@@H]2C3(C)C)n(C)n1. The molecule has 5 heteroatoms. The molecule has 1 N–H and O–H groups in total. The van der Waals surface area contributed by atoms with Crippen molar-refractivity contribution in [2.45, 2.75) is 52.0 Å². The van der Waals surface area contributed by atoms with Gasteiger partial charge in [0.1, 0.15) is 11.4 Å². The summed E-state index contributed by atoms with van der Waals surface area (Å²) in [6.07, 6.45) is 1.57. The van der Waals surface area contributed by atoms with E-state index in [1.165, 1.54) is 5.56 Å². The molecule has 2 atom stereocenters. The number of carbonyl (C=O) groups is 1. The number of aromatic nitrogens is 2. The number of benzene rings is 1. The summed E-state index contributed by atoms with van der Waals surface area (Å²) in [6.45, 7) is 9.44. The predicted molar refractivity (Wildman–Crippen MR) is 100 cm³/mol. The van der Waals surface area contributed by atoms with Gasteiger partial charge in [-0.3, -0.25) is 9.48 Å². The average molecular weight is 353 g/mol. The van der Waals surface area contributed by atoms with Crippen molar-refractivity contribution in [2.75, 3.05) is 6.54 Å². The number of phenolic OH excluding ortho intramolecular Hbond substituents is 1. The number of fused-ring (bicyclic) bond motifs is 4. The van der Waals surface area contributed by atoms with Crippen molar-refractivity contribution in [1.82, 2.24) is 14.7 Å². The van der Waals surface area contributed by atoms with Gasteiger partial charge in [0.25, 0.3) is 5.91 Å². The third kappa shape index (κ3) is 2.09. The highest BCUT2D eigenvalue weighted by Crippen LogP contribution is 2.57. The van der Waals surface area contributed by atoms with Crippen LogP contribution in [0, 0.1) is 12.3 Å². The van der Waals surface area contributed by atoms with Crippen molar-refractivity contribution in [2.24, 2.45) is 12.5 Å². The number of piperidine rings is 1. The molecule has 1 amide bonds. The number of rotatable bonds is 1. The van der Waals surface area contributed by atoms with Crippen LogP contribution in [0.5, 0.6) is 5.75 Å². The quantitative estimate of drug-likeness (QED) is 0.856. The second-order valence-corrected chi connectivity index (χ2v) is 8.62. The van der Waals surface area contributed by atoms with Gasteiger partial charge in [-0.2, -0.15) is 5.10 Å². The van der Waals surface area contributed by atoms with Crippen LogP contribution < -0.4 is 0 Å². The molecule has 1 aliphatic carbocycles. The first-order chi connectivity index (χ1) is 12.2. The van der Waals surface area contributed by atoms with Gasteiger partial charge in [-0.15, -0.1) is 0 Å². The van der Waals surface area contributed by atoms with Gasteiger partial charge in [0.15, 0.2) is 0 Å². The van der Waals surface area contributed by atoms with E-state index < -0.39 is 0 Å². The maximum Gasteiger partial charge on any atom is 0.272 e. The lowest BCUT2D eigenvalue weighted by atomic mass is 9.51. The summed E-state index contributed by atoms with van der Waals surface area (Å²) in [4.78, 5) is 15.3. The van der Waals surface area contributed by atoms with E-state index in [1.807, 2.05) is 31.0 Å². The van der Waals surface area contributed by atoms with Gasteiger partial charge in [-0.05, 0) is 48.4 Å².